The molecule has 0 aliphatic carbocycles. The van der Waals surface area contributed by atoms with Crippen LogP contribution in [0.4, 0.5) is 11.4 Å². The first-order chi connectivity index (χ1) is 8.99. The van der Waals surface area contributed by atoms with E-state index < -0.39 is 0 Å². The van der Waals surface area contributed by atoms with Gasteiger partial charge in [0.05, 0.1) is 28.0 Å². The molecule has 1 aliphatic heterocycles. The van der Waals surface area contributed by atoms with Crippen LogP contribution in [0.5, 0.6) is 0 Å². The van der Waals surface area contributed by atoms with E-state index in [1.54, 1.807) is 17.0 Å². The molecular weight excluding hydrogens is 285 g/mol. The zero-order valence-corrected chi connectivity index (χ0v) is 12.6. The fourth-order valence-electron chi connectivity index (χ4n) is 2.09. The summed E-state index contributed by atoms with van der Waals surface area (Å²) in [6.45, 7) is 1.92. The van der Waals surface area contributed by atoms with Gasteiger partial charge in [-0.2, -0.15) is 0 Å². The quantitative estimate of drug-likeness (QED) is 0.929. The maximum atomic E-state index is 12.0. The van der Waals surface area contributed by atoms with E-state index >= 15 is 0 Å². The van der Waals surface area contributed by atoms with Crippen molar-refractivity contribution in [3.8, 4) is 0 Å². The van der Waals surface area contributed by atoms with Crippen molar-refractivity contribution in [2.45, 2.75) is 6.42 Å². The van der Waals surface area contributed by atoms with Crippen molar-refractivity contribution in [1.82, 2.24) is 4.90 Å². The minimum atomic E-state index is 0.0599. The summed E-state index contributed by atoms with van der Waals surface area (Å²) in [4.78, 5) is 15.9. The Balaban J connectivity index is 2.20. The molecule has 6 heteroatoms. The molecule has 1 aromatic carbocycles. The van der Waals surface area contributed by atoms with Gasteiger partial charge in [-0.3, -0.25) is 4.79 Å². The number of carbonyl (C=O) groups is 1. The predicted octanol–water partition coefficient (Wildman–Crippen LogP) is 2.70. The number of fused-ring (bicyclic) bond motifs is 1. The van der Waals surface area contributed by atoms with E-state index in [1.165, 1.54) is 0 Å². The number of halogens is 2. The van der Waals surface area contributed by atoms with Crippen LogP contribution in [-0.2, 0) is 4.79 Å². The number of nitrogens with one attached hydrogen (secondary N) is 1. The van der Waals surface area contributed by atoms with Crippen molar-refractivity contribution in [1.29, 1.82) is 0 Å². The van der Waals surface area contributed by atoms with Gasteiger partial charge in [0.1, 0.15) is 0 Å². The molecule has 104 valence electrons. The summed E-state index contributed by atoms with van der Waals surface area (Å²) in [5, 5.41) is 4.03. The number of carbonyl (C=O) groups excluding carboxylic acids is 1. The standard InChI is InChI=1S/C13H17Cl2N3O/c1-17(2)4-3-5-18-12-7-10(15)9(14)6-11(12)16-8-13(18)19/h6-7,16H,3-5,8H2,1-2H3. The van der Waals surface area contributed by atoms with Crippen molar-refractivity contribution in [3.05, 3.63) is 22.2 Å². The molecule has 0 fully saturated rings. The Labute approximate surface area is 123 Å². The Bertz CT molecular complexity index is 491. The molecule has 1 aromatic rings. The van der Waals surface area contributed by atoms with Gasteiger partial charge in [0.2, 0.25) is 5.91 Å². The molecule has 0 unspecified atom stereocenters. The van der Waals surface area contributed by atoms with Gasteiger partial charge in [0.25, 0.3) is 0 Å². The molecule has 1 amide bonds. The van der Waals surface area contributed by atoms with Crippen LogP contribution >= 0.6 is 23.2 Å². The van der Waals surface area contributed by atoms with Gasteiger partial charge in [-0.05, 0) is 39.2 Å². The Morgan fingerprint density at radius 2 is 2.00 bits per heavy atom. The maximum Gasteiger partial charge on any atom is 0.246 e. The maximum absolute atomic E-state index is 12.0. The molecule has 1 aliphatic rings. The summed E-state index contributed by atoms with van der Waals surface area (Å²) >= 11 is 12.0. The van der Waals surface area contributed by atoms with Crippen LogP contribution in [0.1, 0.15) is 6.42 Å². The lowest BCUT2D eigenvalue weighted by molar-refractivity contribution is -0.117. The lowest BCUT2D eigenvalue weighted by Gasteiger charge is -2.31. The topological polar surface area (TPSA) is 35.6 Å². The second-order valence-electron chi connectivity index (χ2n) is 4.84. The first kappa shape index (κ1) is 14.4. The van der Waals surface area contributed by atoms with Crippen LogP contribution < -0.4 is 10.2 Å². The first-order valence-electron chi connectivity index (χ1n) is 6.17. The summed E-state index contributed by atoms with van der Waals surface area (Å²) < 4.78 is 0. The van der Waals surface area contributed by atoms with Crippen molar-refractivity contribution in [2.24, 2.45) is 0 Å². The number of anilines is 2. The molecule has 0 saturated carbocycles. The zero-order chi connectivity index (χ0) is 14.0. The Morgan fingerprint density at radius 1 is 1.32 bits per heavy atom. The minimum absolute atomic E-state index is 0.0599. The molecule has 19 heavy (non-hydrogen) atoms. The highest BCUT2D eigenvalue weighted by atomic mass is 35.5. The van der Waals surface area contributed by atoms with E-state index in [4.69, 9.17) is 23.2 Å². The largest absolute Gasteiger partial charge is 0.374 e. The van der Waals surface area contributed by atoms with Crippen LogP contribution in [0.3, 0.4) is 0 Å². The fraction of sp³-hybridized carbons (Fsp3) is 0.462. The predicted molar refractivity (Wildman–Crippen MR) is 80.5 cm³/mol. The van der Waals surface area contributed by atoms with E-state index in [-0.39, 0.29) is 5.91 Å². The summed E-state index contributed by atoms with van der Waals surface area (Å²) in [6, 6.07) is 3.52. The van der Waals surface area contributed by atoms with Crippen LogP contribution in [0.15, 0.2) is 12.1 Å². The molecule has 0 saturated heterocycles. The van der Waals surface area contributed by atoms with E-state index in [0.29, 0.717) is 23.1 Å². The zero-order valence-electron chi connectivity index (χ0n) is 11.0. The van der Waals surface area contributed by atoms with Gasteiger partial charge in [-0.25, -0.2) is 0 Å². The van der Waals surface area contributed by atoms with Gasteiger partial charge in [-0.1, -0.05) is 23.2 Å². The normalized spacial score (nSPS) is 14.6. The van der Waals surface area contributed by atoms with E-state index in [2.05, 4.69) is 10.2 Å². The molecule has 4 nitrogen and oxygen atoms in total. The van der Waals surface area contributed by atoms with Gasteiger partial charge in [0, 0.05) is 6.54 Å². The van der Waals surface area contributed by atoms with Crippen molar-refractivity contribution in [2.75, 3.05) is 43.9 Å². The van der Waals surface area contributed by atoms with Gasteiger partial charge in [0.15, 0.2) is 0 Å². The van der Waals surface area contributed by atoms with E-state index in [1.807, 2.05) is 14.1 Å². The molecule has 0 spiro atoms. The summed E-state index contributed by atoms with van der Waals surface area (Å²) in [7, 11) is 4.04. The monoisotopic (exact) mass is 301 g/mol. The van der Waals surface area contributed by atoms with Gasteiger partial charge < -0.3 is 15.1 Å². The number of nitrogens with zero attached hydrogens (tertiary/aromatic N) is 2. The van der Waals surface area contributed by atoms with E-state index in [9.17, 15) is 4.79 Å². The third kappa shape index (κ3) is 3.32. The smallest absolute Gasteiger partial charge is 0.246 e. The molecule has 0 radical (unpaired) electrons. The van der Waals surface area contributed by atoms with Crippen LogP contribution in [0.2, 0.25) is 10.0 Å². The molecular formula is C13H17Cl2N3O. The summed E-state index contributed by atoms with van der Waals surface area (Å²) in [5.41, 5.74) is 1.67. The highest BCUT2D eigenvalue weighted by Crippen LogP contribution is 2.36. The highest BCUT2D eigenvalue weighted by molar-refractivity contribution is 6.42. The number of hydrogen-bond donors (Lipinski definition) is 1. The first-order valence-corrected chi connectivity index (χ1v) is 6.92. The Morgan fingerprint density at radius 3 is 2.68 bits per heavy atom. The highest BCUT2D eigenvalue weighted by Gasteiger charge is 2.24. The average molecular weight is 302 g/mol. The molecule has 0 bridgehead atoms. The third-order valence-electron chi connectivity index (χ3n) is 3.05. The van der Waals surface area contributed by atoms with Crippen LogP contribution in [-0.4, -0.2) is 44.5 Å². The third-order valence-corrected chi connectivity index (χ3v) is 3.77. The molecule has 0 aromatic heterocycles. The lowest BCUT2D eigenvalue weighted by atomic mass is 10.2. The van der Waals surface area contributed by atoms with Gasteiger partial charge in [-0.15, -0.1) is 0 Å². The lowest BCUT2D eigenvalue weighted by Crippen LogP contribution is -2.41. The minimum Gasteiger partial charge on any atom is -0.374 e. The number of rotatable bonds is 4. The molecule has 1 N–H and O–H groups in total. The SMILES string of the molecule is CN(C)CCCN1C(=O)CNc2cc(Cl)c(Cl)cc21. The van der Waals surface area contributed by atoms with Gasteiger partial charge >= 0.3 is 0 Å². The van der Waals surface area contributed by atoms with E-state index in [0.717, 1.165) is 24.3 Å². The molecule has 0 atom stereocenters. The summed E-state index contributed by atoms with van der Waals surface area (Å²) in [5.74, 6) is 0.0599. The average Bonchev–Trinajstić information content (AvgIpc) is 2.34. The van der Waals surface area contributed by atoms with Crippen LogP contribution in [0.25, 0.3) is 0 Å². The fourth-order valence-corrected chi connectivity index (χ4v) is 2.41. The molecule has 2 rings (SSSR count). The second kappa shape index (κ2) is 5.99. The van der Waals surface area contributed by atoms with Crippen molar-refractivity contribution in [3.63, 3.8) is 0 Å². The number of amides is 1. The summed E-state index contributed by atoms with van der Waals surface area (Å²) in [6.07, 6.45) is 0.915. The number of benzene rings is 1. The Hall–Kier alpha value is -0.970. The second-order valence-corrected chi connectivity index (χ2v) is 5.65. The Kier molecular flexibility index (Phi) is 4.55. The molecule has 1 heterocycles. The van der Waals surface area contributed by atoms with Crippen molar-refractivity contribution >= 4 is 40.5 Å². The van der Waals surface area contributed by atoms with Crippen LogP contribution in [0, 0.1) is 0 Å². The van der Waals surface area contributed by atoms with Crippen molar-refractivity contribution < 1.29 is 4.79 Å². The number of hydrogen-bond acceptors (Lipinski definition) is 3.